The normalized spacial score (nSPS) is 26.6. The summed E-state index contributed by atoms with van der Waals surface area (Å²) in [5.41, 5.74) is 1.31. The molecule has 1 aliphatic heterocycles. The molecule has 1 saturated heterocycles. The second kappa shape index (κ2) is 4.24. The molecule has 82 valence electrons. The van der Waals surface area contributed by atoms with E-state index in [1.54, 1.807) is 0 Å². The van der Waals surface area contributed by atoms with Gasteiger partial charge in [-0.05, 0) is 43.0 Å². The number of halogens is 1. The van der Waals surface area contributed by atoms with Gasteiger partial charge in [-0.25, -0.2) is 0 Å². The zero-order chi connectivity index (χ0) is 10.9. The van der Waals surface area contributed by atoms with E-state index in [9.17, 15) is 5.11 Å². The molecule has 1 aromatic carbocycles. The van der Waals surface area contributed by atoms with E-state index < -0.39 is 5.60 Å². The van der Waals surface area contributed by atoms with Crippen molar-refractivity contribution in [1.29, 1.82) is 0 Å². The fourth-order valence-electron chi connectivity index (χ4n) is 2.01. The molecule has 1 atom stereocenters. The summed E-state index contributed by atoms with van der Waals surface area (Å²) in [6, 6.07) is 6.04. The Labute approximate surface area is 98.4 Å². The maximum atomic E-state index is 10.4. The van der Waals surface area contributed by atoms with Crippen molar-refractivity contribution >= 4 is 15.9 Å². The van der Waals surface area contributed by atoms with Gasteiger partial charge in [-0.2, -0.15) is 0 Å². The average Bonchev–Trinajstić information content (AvgIpc) is 2.17. The Morgan fingerprint density at radius 1 is 1.40 bits per heavy atom. The van der Waals surface area contributed by atoms with Gasteiger partial charge in [0.2, 0.25) is 0 Å². The quantitative estimate of drug-likeness (QED) is 0.851. The highest BCUT2D eigenvalue weighted by molar-refractivity contribution is 9.10. The monoisotopic (exact) mass is 270 g/mol. The van der Waals surface area contributed by atoms with Crippen LogP contribution in [0.3, 0.4) is 0 Å². The van der Waals surface area contributed by atoms with Crippen molar-refractivity contribution in [2.75, 3.05) is 13.2 Å². The zero-order valence-electron chi connectivity index (χ0n) is 8.79. The van der Waals surface area contributed by atoms with Gasteiger partial charge in [0, 0.05) is 11.1 Å². The van der Waals surface area contributed by atoms with E-state index in [1.165, 1.54) is 0 Å². The molecule has 0 bridgehead atoms. The molecule has 2 rings (SSSR count). The highest BCUT2D eigenvalue weighted by atomic mass is 79.9. The first-order valence-corrected chi connectivity index (χ1v) is 5.97. The third kappa shape index (κ3) is 2.41. The van der Waals surface area contributed by atoms with Crippen LogP contribution in [-0.2, 0) is 10.3 Å². The molecule has 3 heteroatoms. The molecule has 0 amide bonds. The van der Waals surface area contributed by atoms with E-state index in [1.807, 2.05) is 25.1 Å². The first-order chi connectivity index (χ1) is 7.10. The van der Waals surface area contributed by atoms with Gasteiger partial charge in [-0.1, -0.05) is 22.0 Å². The summed E-state index contributed by atoms with van der Waals surface area (Å²) in [5, 5.41) is 10.4. The van der Waals surface area contributed by atoms with Crippen molar-refractivity contribution in [1.82, 2.24) is 0 Å². The SMILES string of the molecule is Cc1cc(Br)cc(C2(O)CCCOC2)c1. The minimum atomic E-state index is -0.799. The maximum absolute atomic E-state index is 10.4. The minimum absolute atomic E-state index is 0.406. The molecule has 0 aromatic heterocycles. The molecule has 0 radical (unpaired) electrons. The van der Waals surface area contributed by atoms with Crippen LogP contribution in [0.25, 0.3) is 0 Å². The summed E-state index contributed by atoms with van der Waals surface area (Å²) < 4.78 is 6.36. The molecule has 0 saturated carbocycles. The summed E-state index contributed by atoms with van der Waals surface area (Å²) in [6.45, 7) is 3.19. The van der Waals surface area contributed by atoms with Gasteiger partial charge in [0.1, 0.15) is 5.60 Å². The second-order valence-corrected chi connectivity index (χ2v) is 5.12. The predicted molar refractivity (Wildman–Crippen MR) is 62.8 cm³/mol. The van der Waals surface area contributed by atoms with Crippen molar-refractivity contribution in [2.24, 2.45) is 0 Å². The number of hydrogen-bond acceptors (Lipinski definition) is 2. The number of aryl methyl sites for hydroxylation is 1. The van der Waals surface area contributed by atoms with E-state index in [0.717, 1.165) is 35.0 Å². The molecule has 1 unspecified atom stereocenters. The van der Waals surface area contributed by atoms with Crippen molar-refractivity contribution in [3.8, 4) is 0 Å². The lowest BCUT2D eigenvalue weighted by Gasteiger charge is -2.32. The van der Waals surface area contributed by atoms with Crippen LogP contribution in [-0.4, -0.2) is 18.3 Å². The van der Waals surface area contributed by atoms with E-state index in [0.29, 0.717) is 6.61 Å². The van der Waals surface area contributed by atoms with Crippen molar-refractivity contribution < 1.29 is 9.84 Å². The van der Waals surface area contributed by atoms with Gasteiger partial charge in [-0.15, -0.1) is 0 Å². The molecular weight excluding hydrogens is 256 g/mol. The summed E-state index contributed by atoms with van der Waals surface area (Å²) in [4.78, 5) is 0. The lowest BCUT2D eigenvalue weighted by Crippen LogP contribution is -2.35. The second-order valence-electron chi connectivity index (χ2n) is 4.20. The smallest absolute Gasteiger partial charge is 0.113 e. The Balaban J connectivity index is 2.34. The van der Waals surface area contributed by atoms with Crippen LogP contribution in [0.1, 0.15) is 24.0 Å². The van der Waals surface area contributed by atoms with Crippen LogP contribution in [0.5, 0.6) is 0 Å². The number of aliphatic hydroxyl groups is 1. The Morgan fingerprint density at radius 2 is 2.20 bits per heavy atom. The van der Waals surface area contributed by atoms with Crippen LogP contribution in [0.2, 0.25) is 0 Å². The molecule has 1 aliphatic rings. The van der Waals surface area contributed by atoms with Gasteiger partial charge in [0.15, 0.2) is 0 Å². The highest BCUT2D eigenvalue weighted by Crippen LogP contribution is 2.32. The molecule has 1 fully saturated rings. The standard InChI is InChI=1S/C12H15BrO2/c1-9-5-10(7-11(13)6-9)12(14)3-2-4-15-8-12/h5-7,14H,2-4,8H2,1H3. The first kappa shape index (κ1) is 11.1. The summed E-state index contributed by atoms with van der Waals surface area (Å²) in [5.74, 6) is 0. The van der Waals surface area contributed by atoms with Crippen LogP contribution in [0.15, 0.2) is 22.7 Å². The van der Waals surface area contributed by atoms with Crippen molar-refractivity contribution in [2.45, 2.75) is 25.4 Å². The summed E-state index contributed by atoms with van der Waals surface area (Å²) in [7, 11) is 0. The molecule has 0 aliphatic carbocycles. The maximum Gasteiger partial charge on any atom is 0.113 e. The average molecular weight is 271 g/mol. The van der Waals surface area contributed by atoms with E-state index in [-0.39, 0.29) is 0 Å². The zero-order valence-corrected chi connectivity index (χ0v) is 10.4. The molecule has 1 N–H and O–H groups in total. The lowest BCUT2D eigenvalue weighted by molar-refractivity contribution is -0.0903. The third-order valence-electron chi connectivity index (χ3n) is 2.80. The number of ether oxygens (including phenoxy) is 1. The Bertz CT molecular complexity index is 336. The first-order valence-electron chi connectivity index (χ1n) is 5.18. The van der Waals surface area contributed by atoms with Gasteiger partial charge in [0.25, 0.3) is 0 Å². The van der Waals surface area contributed by atoms with Gasteiger partial charge in [0.05, 0.1) is 6.61 Å². The van der Waals surface area contributed by atoms with E-state index in [4.69, 9.17) is 4.74 Å². The Hall–Kier alpha value is -0.380. The minimum Gasteiger partial charge on any atom is -0.383 e. The molecule has 0 spiro atoms. The molecule has 1 heterocycles. The number of hydrogen-bond donors (Lipinski definition) is 1. The summed E-state index contributed by atoms with van der Waals surface area (Å²) >= 11 is 3.45. The van der Waals surface area contributed by atoms with Gasteiger partial charge >= 0.3 is 0 Å². The molecule has 15 heavy (non-hydrogen) atoms. The highest BCUT2D eigenvalue weighted by Gasteiger charge is 2.32. The van der Waals surface area contributed by atoms with Crippen LogP contribution in [0, 0.1) is 6.92 Å². The van der Waals surface area contributed by atoms with Gasteiger partial charge < -0.3 is 9.84 Å². The van der Waals surface area contributed by atoms with Crippen LogP contribution in [0.4, 0.5) is 0 Å². The fourth-order valence-corrected chi connectivity index (χ4v) is 2.62. The molecule has 1 aromatic rings. The number of rotatable bonds is 1. The lowest BCUT2D eigenvalue weighted by atomic mass is 9.88. The third-order valence-corrected chi connectivity index (χ3v) is 3.26. The Morgan fingerprint density at radius 3 is 2.80 bits per heavy atom. The molecular formula is C12H15BrO2. The Kier molecular flexibility index (Phi) is 3.14. The van der Waals surface area contributed by atoms with Gasteiger partial charge in [-0.3, -0.25) is 0 Å². The topological polar surface area (TPSA) is 29.5 Å². The predicted octanol–water partition coefficient (Wildman–Crippen LogP) is 2.76. The largest absolute Gasteiger partial charge is 0.383 e. The van der Waals surface area contributed by atoms with Crippen LogP contribution < -0.4 is 0 Å². The van der Waals surface area contributed by atoms with Crippen molar-refractivity contribution in [3.63, 3.8) is 0 Å². The van der Waals surface area contributed by atoms with E-state index in [2.05, 4.69) is 15.9 Å². The fraction of sp³-hybridized carbons (Fsp3) is 0.500. The van der Waals surface area contributed by atoms with Crippen molar-refractivity contribution in [3.05, 3.63) is 33.8 Å². The van der Waals surface area contributed by atoms with E-state index >= 15 is 0 Å². The van der Waals surface area contributed by atoms with Crippen LogP contribution >= 0.6 is 15.9 Å². The molecule has 2 nitrogen and oxygen atoms in total. The number of benzene rings is 1. The summed E-state index contributed by atoms with van der Waals surface area (Å²) in [6.07, 6.45) is 1.70.